The first-order valence-corrected chi connectivity index (χ1v) is 10.1. The van der Waals surface area contributed by atoms with Crippen molar-refractivity contribution in [1.82, 2.24) is 19.2 Å². The van der Waals surface area contributed by atoms with Crippen LogP contribution in [-0.2, 0) is 16.1 Å². The Bertz CT molecular complexity index is 1330. The molecule has 0 spiro atoms. The molecule has 1 amide bonds. The number of anilines is 1. The predicted molar refractivity (Wildman–Crippen MR) is 113 cm³/mol. The van der Waals surface area contributed by atoms with Gasteiger partial charge < -0.3 is 10.1 Å². The molecule has 0 radical (unpaired) electrons. The van der Waals surface area contributed by atoms with E-state index in [0.717, 1.165) is 25.3 Å². The van der Waals surface area contributed by atoms with Crippen molar-refractivity contribution >= 4 is 44.8 Å². The van der Waals surface area contributed by atoms with Crippen LogP contribution in [0.4, 0.5) is 5.69 Å². The summed E-state index contributed by atoms with van der Waals surface area (Å²) in [5, 5.41) is 7.89. The third-order valence-electron chi connectivity index (χ3n) is 4.72. The Morgan fingerprint density at radius 3 is 2.63 bits per heavy atom. The number of rotatable bonds is 5. The summed E-state index contributed by atoms with van der Waals surface area (Å²) in [7, 11) is 0. The van der Waals surface area contributed by atoms with Gasteiger partial charge in [-0.3, -0.25) is 4.79 Å². The number of aryl methyl sites for hydroxylation is 2. The fraction of sp³-hybridized carbons (Fsp3) is 0.250. The molecule has 3 heterocycles. The lowest BCUT2D eigenvalue weighted by Gasteiger charge is -2.06. The molecule has 9 nitrogen and oxygen atoms in total. The number of esters is 1. The Kier molecular flexibility index (Phi) is 5.08. The number of carbonyl (C=O) groups excluding carboxylic acids is 2. The lowest BCUT2D eigenvalue weighted by molar-refractivity contribution is -0.117. The number of hydrogen-bond donors (Lipinski definition) is 1. The zero-order valence-electron chi connectivity index (χ0n) is 16.6. The smallest absolute Gasteiger partial charge is 0.352 e. The Morgan fingerprint density at radius 2 is 1.93 bits per heavy atom. The number of nitrogens with zero attached hydrogens (tertiary/aromatic N) is 4. The lowest BCUT2D eigenvalue weighted by atomic mass is 10.2. The molecule has 0 saturated carbocycles. The molecule has 0 aliphatic rings. The van der Waals surface area contributed by atoms with E-state index in [-0.39, 0.29) is 13.2 Å². The molecular formula is C20H19N5O4S. The van der Waals surface area contributed by atoms with Gasteiger partial charge in [0.1, 0.15) is 17.7 Å². The molecule has 0 atom stereocenters. The molecule has 0 saturated heterocycles. The monoisotopic (exact) mass is 425 g/mol. The molecule has 0 aliphatic carbocycles. The van der Waals surface area contributed by atoms with Crippen LogP contribution in [0.2, 0.25) is 0 Å². The highest BCUT2D eigenvalue weighted by Crippen LogP contribution is 2.30. The van der Waals surface area contributed by atoms with E-state index < -0.39 is 17.6 Å². The predicted octanol–water partition coefficient (Wildman–Crippen LogP) is 2.54. The van der Waals surface area contributed by atoms with Gasteiger partial charge in [0.15, 0.2) is 5.65 Å². The highest BCUT2D eigenvalue weighted by atomic mass is 32.1. The molecule has 10 heteroatoms. The fourth-order valence-electron chi connectivity index (χ4n) is 3.11. The second-order valence-electron chi connectivity index (χ2n) is 6.69. The largest absolute Gasteiger partial charge is 0.462 e. The molecule has 30 heavy (non-hydrogen) atoms. The van der Waals surface area contributed by atoms with Crippen LogP contribution in [0.25, 0.3) is 15.9 Å². The standard InChI is InChI=1S/C20H19N5O4S/c1-4-29-19(27)13-5-7-14(8-6-13)22-15(26)9-25-20(28)24-10-21-18-16(17(24)23-25)11(2)12(3)30-18/h5-8,10H,4,9H2,1-3H3,(H,22,26). The number of hydrogen-bond acceptors (Lipinski definition) is 7. The van der Waals surface area contributed by atoms with Crippen LogP contribution in [0, 0.1) is 13.8 Å². The molecule has 0 bridgehead atoms. The summed E-state index contributed by atoms with van der Waals surface area (Å²) in [6, 6.07) is 6.33. The number of nitrogens with one attached hydrogen (secondary N) is 1. The second kappa shape index (κ2) is 7.71. The zero-order chi connectivity index (χ0) is 21.4. The van der Waals surface area contributed by atoms with Crippen molar-refractivity contribution in [1.29, 1.82) is 0 Å². The van der Waals surface area contributed by atoms with E-state index in [4.69, 9.17) is 4.74 Å². The van der Waals surface area contributed by atoms with Crippen molar-refractivity contribution < 1.29 is 14.3 Å². The zero-order valence-corrected chi connectivity index (χ0v) is 17.4. The van der Waals surface area contributed by atoms with Crippen LogP contribution in [-0.4, -0.2) is 37.6 Å². The molecule has 4 aromatic rings. The third kappa shape index (κ3) is 3.45. The molecule has 4 rings (SSSR count). The van der Waals surface area contributed by atoms with Gasteiger partial charge in [0.25, 0.3) is 0 Å². The van der Waals surface area contributed by atoms with Crippen LogP contribution in [0.5, 0.6) is 0 Å². The van der Waals surface area contributed by atoms with Crippen LogP contribution in [0.15, 0.2) is 35.4 Å². The maximum Gasteiger partial charge on any atom is 0.352 e. The molecule has 3 aromatic heterocycles. The van der Waals surface area contributed by atoms with Gasteiger partial charge in [0.05, 0.1) is 17.6 Å². The first-order chi connectivity index (χ1) is 14.4. The van der Waals surface area contributed by atoms with Crippen LogP contribution in [0.1, 0.15) is 27.7 Å². The van der Waals surface area contributed by atoms with Gasteiger partial charge in [-0.15, -0.1) is 16.4 Å². The quantitative estimate of drug-likeness (QED) is 0.493. The summed E-state index contributed by atoms with van der Waals surface area (Å²) in [4.78, 5) is 43.0. The van der Waals surface area contributed by atoms with E-state index in [2.05, 4.69) is 15.4 Å². The number of fused-ring (bicyclic) bond motifs is 3. The van der Waals surface area contributed by atoms with Gasteiger partial charge in [0.2, 0.25) is 5.91 Å². The average molecular weight is 425 g/mol. The molecule has 1 aromatic carbocycles. The van der Waals surface area contributed by atoms with Crippen molar-refractivity contribution in [2.24, 2.45) is 0 Å². The Hall–Kier alpha value is -3.53. The van der Waals surface area contributed by atoms with Crippen molar-refractivity contribution in [3.8, 4) is 0 Å². The molecule has 1 N–H and O–H groups in total. The topological polar surface area (TPSA) is 108 Å². The summed E-state index contributed by atoms with van der Waals surface area (Å²) in [5.41, 5.74) is 1.97. The summed E-state index contributed by atoms with van der Waals surface area (Å²) < 4.78 is 7.40. The fourth-order valence-corrected chi connectivity index (χ4v) is 4.10. The molecule has 0 aliphatic heterocycles. The van der Waals surface area contributed by atoms with E-state index >= 15 is 0 Å². The SMILES string of the molecule is CCOC(=O)c1ccc(NC(=O)Cn2nc3c4c(C)c(C)sc4ncn3c2=O)cc1. The minimum absolute atomic E-state index is 0.246. The van der Waals surface area contributed by atoms with Crippen LogP contribution >= 0.6 is 11.3 Å². The number of aromatic nitrogens is 4. The molecule has 154 valence electrons. The first-order valence-electron chi connectivity index (χ1n) is 9.30. The number of ether oxygens (including phenoxy) is 1. The molecule has 0 fully saturated rings. The van der Waals surface area contributed by atoms with Gasteiger partial charge in [-0.2, -0.15) is 0 Å². The highest BCUT2D eigenvalue weighted by Gasteiger charge is 2.17. The van der Waals surface area contributed by atoms with E-state index in [1.165, 1.54) is 10.7 Å². The van der Waals surface area contributed by atoms with Gasteiger partial charge >= 0.3 is 11.7 Å². The normalized spacial score (nSPS) is 11.2. The van der Waals surface area contributed by atoms with E-state index in [9.17, 15) is 14.4 Å². The minimum Gasteiger partial charge on any atom is -0.462 e. The molecular weight excluding hydrogens is 406 g/mol. The van der Waals surface area contributed by atoms with Gasteiger partial charge in [-0.05, 0) is 50.6 Å². The van der Waals surface area contributed by atoms with E-state index in [1.54, 1.807) is 42.5 Å². The summed E-state index contributed by atoms with van der Waals surface area (Å²) >= 11 is 1.54. The molecule has 0 unspecified atom stereocenters. The summed E-state index contributed by atoms with van der Waals surface area (Å²) in [6.45, 7) is 5.73. The maximum absolute atomic E-state index is 12.7. The van der Waals surface area contributed by atoms with Crippen molar-refractivity contribution in [2.75, 3.05) is 11.9 Å². The number of benzene rings is 1. The second-order valence-corrected chi connectivity index (χ2v) is 7.89. The summed E-state index contributed by atoms with van der Waals surface area (Å²) in [5.74, 6) is -0.836. The number of amides is 1. The highest BCUT2D eigenvalue weighted by molar-refractivity contribution is 7.18. The maximum atomic E-state index is 12.7. The Labute approximate surface area is 174 Å². The van der Waals surface area contributed by atoms with Gasteiger partial charge in [-0.1, -0.05) is 0 Å². The number of carbonyl (C=O) groups is 2. The lowest BCUT2D eigenvalue weighted by Crippen LogP contribution is -2.28. The van der Waals surface area contributed by atoms with E-state index in [0.29, 0.717) is 16.9 Å². The van der Waals surface area contributed by atoms with Crippen molar-refractivity contribution in [3.05, 3.63) is 57.1 Å². The Balaban J connectivity index is 1.56. The van der Waals surface area contributed by atoms with Gasteiger partial charge in [0, 0.05) is 10.6 Å². The van der Waals surface area contributed by atoms with Crippen LogP contribution < -0.4 is 11.0 Å². The first kappa shape index (κ1) is 19.8. The minimum atomic E-state index is -0.435. The van der Waals surface area contributed by atoms with E-state index in [1.807, 2.05) is 13.8 Å². The van der Waals surface area contributed by atoms with Gasteiger partial charge in [-0.25, -0.2) is 23.7 Å². The van der Waals surface area contributed by atoms with Crippen molar-refractivity contribution in [2.45, 2.75) is 27.3 Å². The average Bonchev–Trinajstić information content (AvgIpc) is 3.18. The Morgan fingerprint density at radius 1 is 1.20 bits per heavy atom. The third-order valence-corrected chi connectivity index (χ3v) is 5.84. The van der Waals surface area contributed by atoms with Crippen molar-refractivity contribution in [3.63, 3.8) is 0 Å². The summed E-state index contributed by atoms with van der Waals surface area (Å²) in [6.07, 6.45) is 1.44. The van der Waals surface area contributed by atoms with Crippen LogP contribution in [0.3, 0.4) is 0 Å². The number of thiophene rings is 1.